The Morgan fingerprint density at radius 3 is 2.50 bits per heavy atom. The van der Waals surface area contributed by atoms with Gasteiger partial charge in [-0.3, -0.25) is 0 Å². The number of rotatable bonds is 2. The van der Waals surface area contributed by atoms with Gasteiger partial charge in [-0.05, 0) is 13.6 Å². The predicted octanol–water partition coefficient (Wildman–Crippen LogP) is 1.40. The fourth-order valence-electron chi connectivity index (χ4n) is 0.266. The molecule has 2 N–H and O–H groups in total. The molecule has 0 aromatic rings. The molecule has 0 rings (SSSR count). The van der Waals surface area contributed by atoms with Gasteiger partial charge in [-0.2, -0.15) is 4.39 Å². The predicted molar refractivity (Wildman–Crippen MR) is 40.8 cm³/mol. The number of nitrogens with two attached hydrogens (primary N) is 1. The van der Waals surface area contributed by atoms with Crippen molar-refractivity contribution in [3.63, 3.8) is 0 Å². The molecule has 0 unspecified atom stereocenters. The zero-order chi connectivity index (χ0) is 8.15. The van der Waals surface area contributed by atoms with Crippen LogP contribution in [0.3, 0.4) is 0 Å². The Balaban J connectivity index is 4.48. The summed E-state index contributed by atoms with van der Waals surface area (Å²) in [5.74, 6) is -0.754. The molecule has 3 nitrogen and oxygen atoms in total. The van der Waals surface area contributed by atoms with E-state index in [1.165, 1.54) is 6.92 Å². The van der Waals surface area contributed by atoms with Crippen molar-refractivity contribution >= 4 is 24.2 Å². The lowest BCUT2D eigenvalue weighted by atomic mass is 10.7. The van der Waals surface area contributed by atoms with E-state index in [2.05, 4.69) is 16.7 Å². The van der Waals surface area contributed by atoms with Crippen LogP contribution in [0.15, 0.2) is 21.1 Å². The van der Waals surface area contributed by atoms with E-state index < -0.39 is 5.95 Å². The summed E-state index contributed by atoms with van der Waals surface area (Å²) in [4.78, 5) is 6.29. The smallest absolute Gasteiger partial charge is 0.249 e. The van der Waals surface area contributed by atoms with Crippen molar-refractivity contribution in [1.82, 2.24) is 0 Å². The van der Waals surface area contributed by atoms with Crippen molar-refractivity contribution in [1.29, 1.82) is 0 Å². The van der Waals surface area contributed by atoms with Crippen LogP contribution in [-0.4, -0.2) is 12.6 Å². The monoisotopic (exact) mass is 163 g/mol. The number of hydrogen-bond donors (Lipinski definition) is 1. The molecule has 0 radical (unpaired) electrons. The van der Waals surface area contributed by atoms with Gasteiger partial charge in [0, 0.05) is 0 Å². The lowest BCUT2D eigenvalue weighted by Crippen LogP contribution is -2.04. The summed E-state index contributed by atoms with van der Waals surface area (Å²) < 4.78 is 12.2. The second-order valence-electron chi connectivity index (χ2n) is 1.49. The van der Waals surface area contributed by atoms with Gasteiger partial charge in [-0.15, -0.1) is 0 Å². The molecule has 0 aromatic carbocycles. The van der Waals surface area contributed by atoms with Gasteiger partial charge in [-0.1, -0.05) is 11.6 Å². The summed E-state index contributed by atoms with van der Waals surface area (Å²) in [6.45, 7) is 4.40. The zero-order valence-electron chi connectivity index (χ0n) is 5.43. The molecule has 56 valence electrons. The van der Waals surface area contributed by atoms with Crippen molar-refractivity contribution < 1.29 is 4.39 Å². The van der Waals surface area contributed by atoms with Crippen LogP contribution in [0.2, 0.25) is 0 Å². The Morgan fingerprint density at radius 2 is 2.20 bits per heavy atom. The van der Waals surface area contributed by atoms with Crippen LogP contribution in [0.1, 0.15) is 6.92 Å². The van der Waals surface area contributed by atoms with Crippen LogP contribution < -0.4 is 5.73 Å². The van der Waals surface area contributed by atoms with E-state index in [4.69, 9.17) is 17.3 Å². The van der Waals surface area contributed by atoms with Gasteiger partial charge < -0.3 is 5.73 Å². The lowest BCUT2D eigenvalue weighted by Gasteiger charge is -1.90. The molecular formula is C5H7ClFN3. The fourth-order valence-corrected chi connectivity index (χ4v) is 0.459. The quantitative estimate of drug-likeness (QED) is 0.373. The first-order valence-corrected chi connectivity index (χ1v) is 2.78. The summed E-state index contributed by atoms with van der Waals surface area (Å²) in [5.41, 5.74) is 5.09. The molecular weight excluding hydrogens is 157 g/mol. The Hall–Kier alpha value is -0.900. The normalized spacial score (nSPS) is 14.5. The van der Waals surface area contributed by atoms with E-state index in [0.717, 1.165) is 0 Å². The molecule has 0 aliphatic rings. The molecule has 0 saturated heterocycles. The second kappa shape index (κ2) is 4.00. The largest absolute Gasteiger partial charge is 0.387 e. The zero-order valence-corrected chi connectivity index (χ0v) is 6.19. The van der Waals surface area contributed by atoms with Gasteiger partial charge >= 0.3 is 0 Å². The Bertz CT molecular complexity index is 193. The number of hydrogen-bond acceptors (Lipinski definition) is 2. The average Bonchev–Trinajstić information content (AvgIpc) is 1.85. The SMILES string of the molecule is C=N/C(F)=C(Cl)\N=C(/C)N. The second-order valence-corrected chi connectivity index (χ2v) is 1.85. The van der Waals surface area contributed by atoms with Crippen molar-refractivity contribution in [3.8, 4) is 0 Å². The topological polar surface area (TPSA) is 50.7 Å². The molecule has 0 fully saturated rings. The van der Waals surface area contributed by atoms with E-state index in [1.807, 2.05) is 0 Å². The Kier molecular flexibility index (Phi) is 3.64. The van der Waals surface area contributed by atoms with Crippen LogP contribution in [0, 0.1) is 0 Å². The maximum Gasteiger partial charge on any atom is 0.249 e. The summed E-state index contributed by atoms with van der Waals surface area (Å²) in [6, 6.07) is 0. The lowest BCUT2D eigenvalue weighted by molar-refractivity contribution is 0.623. The van der Waals surface area contributed by atoms with Crippen molar-refractivity contribution in [3.05, 3.63) is 11.1 Å². The number of aliphatic imine (C=N–C) groups is 2. The van der Waals surface area contributed by atoms with Crippen molar-refractivity contribution in [2.45, 2.75) is 6.92 Å². The van der Waals surface area contributed by atoms with Gasteiger partial charge in [0.25, 0.3) is 0 Å². The van der Waals surface area contributed by atoms with Crippen LogP contribution in [0.5, 0.6) is 0 Å². The third kappa shape index (κ3) is 3.19. The van der Waals surface area contributed by atoms with E-state index in [-0.39, 0.29) is 11.0 Å². The highest BCUT2D eigenvalue weighted by atomic mass is 35.5. The Morgan fingerprint density at radius 1 is 1.70 bits per heavy atom. The summed E-state index contributed by atoms with van der Waals surface area (Å²) >= 11 is 5.23. The van der Waals surface area contributed by atoms with Crippen LogP contribution in [0.4, 0.5) is 4.39 Å². The van der Waals surface area contributed by atoms with E-state index >= 15 is 0 Å². The highest BCUT2D eigenvalue weighted by molar-refractivity contribution is 6.30. The van der Waals surface area contributed by atoms with Crippen LogP contribution in [0.25, 0.3) is 0 Å². The number of halogens is 2. The highest BCUT2D eigenvalue weighted by Gasteiger charge is 1.97. The summed E-state index contributed by atoms with van der Waals surface area (Å²) in [5, 5.41) is -0.380. The van der Waals surface area contributed by atoms with Gasteiger partial charge in [0.2, 0.25) is 5.95 Å². The van der Waals surface area contributed by atoms with Gasteiger partial charge in [0.15, 0.2) is 5.16 Å². The molecule has 10 heavy (non-hydrogen) atoms. The van der Waals surface area contributed by atoms with Crippen LogP contribution >= 0.6 is 11.6 Å². The summed E-state index contributed by atoms with van der Waals surface area (Å²) in [6.07, 6.45) is 0. The minimum absolute atomic E-state index is 0.170. The minimum Gasteiger partial charge on any atom is -0.387 e. The van der Waals surface area contributed by atoms with E-state index in [9.17, 15) is 4.39 Å². The van der Waals surface area contributed by atoms with Gasteiger partial charge in [-0.25, -0.2) is 9.98 Å². The standard InChI is InChI=1S/C5H7ClFN3/c1-3(8)10-4(6)5(7)9-2/h2H2,1H3,(H2,8,10)/b5-4-. The number of amidine groups is 1. The molecule has 0 heterocycles. The van der Waals surface area contributed by atoms with Crippen molar-refractivity contribution in [2.75, 3.05) is 0 Å². The molecule has 0 aliphatic carbocycles. The van der Waals surface area contributed by atoms with E-state index in [0.29, 0.717) is 0 Å². The first-order valence-electron chi connectivity index (χ1n) is 2.40. The minimum atomic E-state index is -0.925. The molecule has 0 atom stereocenters. The maximum atomic E-state index is 12.2. The Labute approximate surface area is 63.1 Å². The molecule has 0 bridgehead atoms. The first-order chi connectivity index (χ1) is 4.57. The molecule has 0 saturated carbocycles. The molecule has 0 aromatic heterocycles. The van der Waals surface area contributed by atoms with E-state index in [1.54, 1.807) is 0 Å². The highest BCUT2D eigenvalue weighted by Crippen LogP contribution is 2.12. The molecule has 0 amide bonds. The van der Waals surface area contributed by atoms with Gasteiger partial charge in [0.1, 0.15) is 0 Å². The van der Waals surface area contributed by atoms with Crippen molar-refractivity contribution in [2.24, 2.45) is 15.7 Å². The first kappa shape index (κ1) is 9.10. The average molecular weight is 164 g/mol. The molecule has 0 spiro atoms. The molecule has 5 heteroatoms. The fraction of sp³-hybridized carbons (Fsp3) is 0.200. The molecule has 0 aliphatic heterocycles. The number of nitrogens with zero attached hydrogens (tertiary/aromatic N) is 2. The maximum absolute atomic E-state index is 12.2. The van der Waals surface area contributed by atoms with Crippen LogP contribution in [-0.2, 0) is 0 Å². The summed E-state index contributed by atoms with van der Waals surface area (Å²) in [7, 11) is 0. The third-order valence-electron chi connectivity index (χ3n) is 0.584. The third-order valence-corrected chi connectivity index (χ3v) is 0.824. The van der Waals surface area contributed by atoms with Gasteiger partial charge in [0.05, 0.1) is 5.84 Å².